The van der Waals surface area contributed by atoms with Crippen molar-refractivity contribution in [2.24, 2.45) is 0 Å². The maximum absolute atomic E-state index is 12.0. The zero-order chi connectivity index (χ0) is 18.5. The minimum atomic E-state index is -4.16. The summed E-state index contributed by atoms with van der Waals surface area (Å²) < 4.78 is 47.2. The highest BCUT2D eigenvalue weighted by atomic mass is 32.2. The van der Waals surface area contributed by atoms with Crippen LogP contribution in [0.5, 0.6) is 0 Å². The highest BCUT2D eigenvalue weighted by molar-refractivity contribution is 7.85. The van der Waals surface area contributed by atoms with Crippen LogP contribution in [0.15, 0.2) is 30.3 Å². The standard InChI is InChI=1S/C16H23NO7S/c1-16(2)23-11-14(24-16)13(8-9-25(19,20)21)17-15(18)22-10-12-6-4-3-5-7-12/h3-7,13-14H,8-11H2,1-2H3,(H,17,18)(H,19,20,21)/t13-,14-/m0/s1. The smallest absolute Gasteiger partial charge is 0.407 e. The molecule has 0 spiro atoms. The summed E-state index contributed by atoms with van der Waals surface area (Å²) in [4.78, 5) is 12.0. The highest BCUT2D eigenvalue weighted by Gasteiger charge is 2.38. The minimum Gasteiger partial charge on any atom is -0.445 e. The van der Waals surface area contributed by atoms with E-state index < -0.39 is 39.9 Å². The highest BCUT2D eigenvalue weighted by Crippen LogP contribution is 2.25. The molecule has 0 saturated carbocycles. The van der Waals surface area contributed by atoms with Crippen molar-refractivity contribution in [2.45, 2.75) is 44.8 Å². The van der Waals surface area contributed by atoms with Gasteiger partial charge in [-0.3, -0.25) is 4.55 Å². The SMILES string of the molecule is CC1(C)OC[C@@H]([C@H](CCS(=O)(=O)O)NC(=O)OCc2ccccc2)O1. The van der Waals surface area contributed by atoms with Crippen LogP contribution in [0.25, 0.3) is 0 Å². The minimum absolute atomic E-state index is 0.0244. The van der Waals surface area contributed by atoms with E-state index in [1.165, 1.54) is 0 Å². The lowest BCUT2D eigenvalue weighted by Gasteiger charge is -2.24. The molecule has 1 aliphatic heterocycles. The van der Waals surface area contributed by atoms with Crippen molar-refractivity contribution in [1.29, 1.82) is 0 Å². The summed E-state index contributed by atoms with van der Waals surface area (Å²) in [7, 11) is -4.16. The number of carbonyl (C=O) groups is 1. The fourth-order valence-electron chi connectivity index (χ4n) is 2.46. The van der Waals surface area contributed by atoms with Crippen LogP contribution in [0.3, 0.4) is 0 Å². The third-order valence-corrected chi connectivity index (χ3v) is 4.43. The average molecular weight is 373 g/mol. The van der Waals surface area contributed by atoms with Gasteiger partial charge in [0.25, 0.3) is 10.1 Å². The Morgan fingerprint density at radius 2 is 2.08 bits per heavy atom. The van der Waals surface area contributed by atoms with Crippen molar-refractivity contribution in [2.75, 3.05) is 12.4 Å². The Morgan fingerprint density at radius 1 is 1.40 bits per heavy atom. The summed E-state index contributed by atoms with van der Waals surface area (Å²) in [6.45, 7) is 3.73. The second-order valence-electron chi connectivity index (χ2n) is 6.25. The molecule has 1 saturated heterocycles. The Bertz CT molecular complexity index is 675. The molecule has 2 rings (SSSR count). The van der Waals surface area contributed by atoms with Gasteiger partial charge in [0.2, 0.25) is 0 Å². The van der Waals surface area contributed by atoms with E-state index >= 15 is 0 Å². The quantitative estimate of drug-likeness (QED) is 0.700. The van der Waals surface area contributed by atoms with Crippen molar-refractivity contribution in [3.63, 3.8) is 0 Å². The molecular formula is C16H23NO7S. The Kier molecular flexibility index (Phi) is 6.39. The summed E-state index contributed by atoms with van der Waals surface area (Å²) in [5, 5.41) is 2.60. The normalized spacial score (nSPS) is 20.8. The molecule has 1 amide bonds. The third-order valence-electron chi connectivity index (χ3n) is 3.68. The molecule has 1 aromatic rings. The van der Waals surface area contributed by atoms with Crippen LogP contribution in [-0.4, -0.2) is 49.4 Å². The zero-order valence-corrected chi connectivity index (χ0v) is 15.0. The number of hydrogen-bond acceptors (Lipinski definition) is 6. The summed E-state index contributed by atoms with van der Waals surface area (Å²) >= 11 is 0. The first-order chi connectivity index (χ1) is 11.6. The molecule has 1 heterocycles. The maximum Gasteiger partial charge on any atom is 0.407 e. The first-order valence-electron chi connectivity index (χ1n) is 7.89. The monoisotopic (exact) mass is 373 g/mol. The molecule has 9 heteroatoms. The Morgan fingerprint density at radius 3 is 2.64 bits per heavy atom. The van der Waals surface area contributed by atoms with Gasteiger partial charge in [0.05, 0.1) is 18.4 Å². The molecule has 1 aliphatic rings. The lowest BCUT2D eigenvalue weighted by Crippen LogP contribution is -2.46. The molecule has 8 nitrogen and oxygen atoms in total. The van der Waals surface area contributed by atoms with E-state index in [4.69, 9.17) is 18.8 Å². The number of rotatable bonds is 7. The summed E-state index contributed by atoms with van der Waals surface area (Å²) in [5.41, 5.74) is 0.828. The van der Waals surface area contributed by atoms with E-state index in [0.29, 0.717) is 0 Å². The van der Waals surface area contributed by atoms with Crippen molar-refractivity contribution < 1.29 is 32.0 Å². The Balaban J connectivity index is 1.93. The van der Waals surface area contributed by atoms with E-state index in [2.05, 4.69) is 5.32 Å². The molecule has 0 radical (unpaired) electrons. The van der Waals surface area contributed by atoms with Crippen LogP contribution >= 0.6 is 0 Å². The topological polar surface area (TPSA) is 111 Å². The lowest BCUT2D eigenvalue weighted by atomic mass is 10.1. The van der Waals surface area contributed by atoms with E-state index in [0.717, 1.165) is 5.56 Å². The van der Waals surface area contributed by atoms with E-state index in [9.17, 15) is 13.2 Å². The molecule has 0 aliphatic carbocycles. The number of carbonyl (C=O) groups excluding carboxylic acids is 1. The van der Waals surface area contributed by atoms with Crippen LogP contribution in [0.2, 0.25) is 0 Å². The molecule has 2 N–H and O–H groups in total. The van der Waals surface area contributed by atoms with Crippen LogP contribution in [-0.2, 0) is 30.9 Å². The lowest BCUT2D eigenvalue weighted by molar-refractivity contribution is -0.141. The average Bonchev–Trinajstić information content (AvgIpc) is 2.89. The number of ether oxygens (including phenoxy) is 3. The van der Waals surface area contributed by atoms with Gasteiger partial charge in [0.15, 0.2) is 5.79 Å². The van der Waals surface area contributed by atoms with Gasteiger partial charge in [0.1, 0.15) is 12.7 Å². The van der Waals surface area contributed by atoms with Crippen LogP contribution in [0.4, 0.5) is 4.79 Å². The molecule has 0 aromatic heterocycles. The zero-order valence-electron chi connectivity index (χ0n) is 14.2. The number of hydrogen-bond donors (Lipinski definition) is 2. The molecule has 0 unspecified atom stereocenters. The van der Waals surface area contributed by atoms with Gasteiger partial charge in [-0.2, -0.15) is 8.42 Å². The van der Waals surface area contributed by atoms with Crippen molar-refractivity contribution in [1.82, 2.24) is 5.32 Å². The van der Waals surface area contributed by atoms with E-state index in [-0.39, 0.29) is 19.6 Å². The molecular weight excluding hydrogens is 350 g/mol. The third kappa shape index (κ3) is 6.99. The van der Waals surface area contributed by atoms with E-state index in [1.807, 2.05) is 30.3 Å². The first kappa shape index (κ1) is 19.6. The number of amides is 1. The van der Waals surface area contributed by atoms with Gasteiger partial charge in [-0.25, -0.2) is 4.79 Å². The molecule has 140 valence electrons. The number of alkyl carbamates (subject to hydrolysis) is 1. The molecule has 1 aromatic carbocycles. The molecule has 25 heavy (non-hydrogen) atoms. The Hall–Kier alpha value is -1.68. The second kappa shape index (κ2) is 8.13. The van der Waals surface area contributed by atoms with Crippen molar-refractivity contribution in [3.05, 3.63) is 35.9 Å². The maximum atomic E-state index is 12.0. The largest absolute Gasteiger partial charge is 0.445 e. The summed E-state index contributed by atoms with van der Waals surface area (Å²) in [6, 6.07) is 8.48. The summed E-state index contributed by atoms with van der Waals surface area (Å²) in [6.07, 6.45) is -1.26. The van der Waals surface area contributed by atoms with Crippen LogP contribution in [0, 0.1) is 0 Å². The van der Waals surface area contributed by atoms with Gasteiger partial charge in [0, 0.05) is 0 Å². The molecule has 0 bridgehead atoms. The van der Waals surface area contributed by atoms with Crippen molar-refractivity contribution >= 4 is 16.2 Å². The fourth-order valence-corrected chi connectivity index (χ4v) is 3.01. The van der Waals surface area contributed by atoms with Gasteiger partial charge in [-0.05, 0) is 25.8 Å². The number of benzene rings is 1. The first-order valence-corrected chi connectivity index (χ1v) is 9.50. The van der Waals surface area contributed by atoms with E-state index in [1.54, 1.807) is 13.8 Å². The fraction of sp³-hybridized carbons (Fsp3) is 0.562. The molecule has 2 atom stereocenters. The van der Waals surface area contributed by atoms with Crippen molar-refractivity contribution in [3.8, 4) is 0 Å². The van der Waals surface area contributed by atoms with Gasteiger partial charge < -0.3 is 19.5 Å². The predicted molar refractivity (Wildman–Crippen MR) is 89.5 cm³/mol. The second-order valence-corrected chi connectivity index (χ2v) is 7.83. The van der Waals surface area contributed by atoms with Gasteiger partial charge in [-0.15, -0.1) is 0 Å². The van der Waals surface area contributed by atoms with Crippen LogP contribution in [0.1, 0.15) is 25.8 Å². The predicted octanol–water partition coefficient (Wildman–Crippen LogP) is 1.71. The summed E-state index contributed by atoms with van der Waals surface area (Å²) in [5.74, 6) is -1.33. The van der Waals surface area contributed by atoms with Crippen LogP contribution < -0.4 is 5.32 Å². The van der Waals surface area contributed by atoms with Gasteiger partial charge in [-0.1, -0.05) is 30.3 Å². The molecule has 1 fully saturated rings. The number of nitrogens with one attached hydrogen (secondary N) is 1. The van der Waals surface area contributed by atoms with Gasteiger partial charge >= 0.3 is 6.09 Å². The Labute approximate surface area is 147 Å².